The highest BCUT2D eigenvalue weighted by Crippen LogP contribution is 2.26. The first-order valence-electron chi connectivity index (χ1n) is 3.55. The van der Waals surface area contributed by atoms with Crippen molar-refractivity contribution in [1.29, 1.82) is 0 Å². The van der Waals surface area contributed by atoms with Crippen LogP contribution in [0.1, 0.15) is 11.3 Å². The summed E-state index contributed by atoms with van der Waals surface area (Å²) >= 11 is 0. The van der Waals surface area contributed by atoms with Gasteiger partial charge in [-0.15, -0.1) is 0 Å². The molecule has 13 heavy (non-hydrogen) atoms. The Labute approximate surface area is 73.6 Å². The van der Waals surface area contributed by atoms with E-state index in [-0.39, 0.29) is 0 Å². The van der Waals surface area contributed by atoms with Crippen LogP contribution in [0, 0.1) is 6.92 Å². The summed E-state index contributed by atoms with van der Waals surface area (Å²) in [5, 5.41) is 0. The summed E-state index contributed by atoms with van der Waals surface area (Å²) in [5.41, 5.74) is 4.64. The molecule has 0 radical (unpaired) electrons. The van der Waals surface area contributed by atoms with Crippen molar-refractivity contribution in [3.8, 4) is 0 Å². The van der Waals surface area contributed by atoms with Crippen LogP contribution in [0.15, 0.2) is 18.3 Å². The number of amides is 1. The van der Waals surface area contributed by atoms with Gasteiger partial charge in [0.05, 0.1) is 0 Å². The van der Waals surface area contributed by atoms with Gasteiger partial charge in [-0.2, -0.15) is 8.78 Å². The van der Waals surface area contributed by atoms with E-state index in [2.05, 4.69) is 10.7 Å². The lowest BCUT2D eigenvalue weighted by Crippen LogP contribution is -2.32. The Morgan fingerprint density at radius 1 is 1.54 bits per heavy atom. The number of alkyl halides is 2. The lowest BCUT2D eigenvalue weighted by Gasteiger charge is -2.11. The summed E-state index contributed by atoms with van der Waals surface area (Å²) in [5.74, 6) is -5.31. The highest BCUT2D eigenvalue weighted by molar-refractivity contribution is 5.82. The van der Waals surface area contributed by atoms with Crippen LogP contribution in [-0.2, 0) is 10.7 Å². The van der Waals surface area contributed by atoms with E-state index in [9.17, 15) is 13.6 Å². The van der Waals surface area contributed by atoms with Gasteiger partial charge in [0.15, 0.2) is 0 Å². The van der Waals surface area contributed by atoms with Crippen molar-refractivity contribution in [2.24, 2.45) is 5.73 Å². The fraction of sp³-hybridized carbons (Fsp3) is 0.250. The molecule has 0 bridgehead atoms. The van der Waals surface area contributed by atoms with E-state index in [0.29, 0.717) is 5.69 Å². The van der Waals surface area contributed by atoms with Crippen LogP contribution in [-0.4, -0.2) is 10.9 Å². The summed E-state index contributed by atoms with van der Waals surface area (Å²) in [6, 6.07) is 2.53. The zero-order valence-corrected chi connectivity index (χ0v) is 6.92. The maximum Gasteiger partial charge on any atom is 0.351 e. The zero-order valence-electron chi connectivity index (χ0n) is 6.92. The maximum absolute atomic E-state index is 12.9. The Hall–Kier alpha value is -1.52. The Kier molecular flexibility index (Phi) is 2.27. The summed E-state index contributed by atoms with van der Waals surface area (Å²) in [6.45, 7) is 1.66. The monoisotopic (exact) mass is 186 g/mol. The lowest BCUT2D eigenvalue weighted by atomic mass is 10.1. The molecule has 0 aliphatic rings. The quantitative estimate of drug-likeness (QED) is 0.748. The van der Waals surface area contributed by atoms with Gasteiger partial charge in [0, 0.05) is 17.5 Å². The van der Waals surface area contributed by atoms with Crippen molar-refractivity contribution in [3.05, 3.63) is 29.6 Å². The van der Waals surface area contributed by atoms with Crippen LogP contribution < -0.4 is 5.73 Å². The van der Waals surface area contributed by atoms with Crippen LogP contribution in [0.2, 0.25) is 0 Å². The molecule has 3 nitrogen and oxygen atoms in total. The van der Waals surface area contributed by atoms with Crippen LogP contribution in [0.3, 0.4) is 0 Å². The molecule has 0 aliphatic heterocycles. The summed E-state index contributed by atoms with van der Waals surface area (Å²) in [6.07, 6.45) is 0.945. The number of rotatable bonds is 2. The van der Waals surface area contributed by atoms with Gasteiger partial charge in [-0.25, -0.2) is 0 Å². The summed E-state index contributed by atoms with van der Waals surface area (Å²) in [7, 11) is 0. The van der Waals surface area contributed by atoms with Crippen molar-refractivity contribution >= 4 is 5.91 Å². The largest absolute Gasteiger partial charge is 0.364 e. The molecule has 2 N–H and O–H groups in total. The molecule has 1 aromatic heterocycles. The molecular formula is C8H8F2N2O. The lowest BCUT2D eigenvalue weighted by molar-refractivity contribution is -0.143. The van der Waals surface area contributed by atoms with Crippen LogP contribution in [0.4, 0.5) is 8.78 Å². The molecule has 1 rings (SSSR count). The van der Waals surface area contributed by atoms with Crippen LogP contribution >= 0.6 is 0 Å². The standard InChI is InChI=1S/C8H8F2N2O/c1-5-2-3-6(4-12-5)8(9,10)7(11)13/h2-4H,1H3,(H2,11,13). The third-order valence-corrected chi connectivity index (χ3v) is 1.58. The molecule has 70 valence electrons. The van der Waals surface area contributed by atoms with Gasteiger partial charge in [-0.1, -0.05) is 0 Å². The molecule has 0 saturated heterocycles. The normalized spacial score (nSPS) is 11.3. The van der Waals surface area contributed by atoms with Crippen molar-refractivity contribution in [3.63, 3.8) is 0 Å². The second-order valence-electron chi connectivity index (χ2n) is 2.63. The second kappa shape index (κ2) is 3.08. The van der Waals surface area contributed by atoms with Gasteiger partial charge in [0.1, 0.15) is 0 Å². The highest BCUT2D eigenvalue weighted by atomic mass is 19.3. The molecule has 0 aromatic carbocycles. The Morgan fingerprint density at radius 3 is 2.54 bits per heavy atom. The fourth-order valence-electron chi connectivity index (χ4n) is 0.796. The molecular weight excluding hydrogens is 178 g/mol. The average Bonchev–Trinajstić information content (AvgIpc) is 2.04. The number of nitrogens with two attached hydrogens (primary N) is 1. The first kappa shape index (κ1) is 9.57. The highest BCUT2D eigenvalue weighted by Gasteiger charge is 2.38. The summed E-state index contributed by atoms with van der Waals surface area (Å²) in [4.78, 5) is 14.0. The second-order valence-corrected chi connectivity index (χ2v) is 2.63. The molecule has 0 unspecified atom stereocenters. The van der Waals surface area contributed by atoms with Gasteiger partial charge in [0.2, 0.25) is 0 Å². The molecule has 0 spiro atoms. The minimum Gasteiger partial charge on any atom is -0.364 e. The maximum atomic E-state index is 12.9. The predicted octanol–water partition coefficient (Wildman–Crippen LogP) is 0.967. The van der Waals surface area contributed by atoms with E-state index in [1.54, 1.807) is 6.92 Å². The van der Waals surface area contributed by atoms with Gasteiger partial charge >= 0.3 is 5.92 Å². The van der Waals surface area contributed by atoms with E-state index in [4.69, 9.17) is 0 Å². The smallest absolute Gasteiger partial charge is 0.351 e. The van der Waals surface area contributed by atoms with Crippen LogP contribution in [0.5, 0.6) is 0 Å². The molecule has 5 heteroatoms. The van der Waals surface area contributed by atoms with Gasteiger partial charge in [0.25, 0.3) is 5.91 Å². The third kappa shape index (κ3) is 1.80. The Bertz CT molecular complexity index is 321. The number of aryl methyl sites for hydroxylation is 1. The van der Waals surface area contributed by atoms with Crippen molar-refractivity contribution < 1.29 is 13.6 Å². The SMILES string of the molecule is Cc1ccc(C(F)(F)C(N)=O)cn1. The Balaban J connectivity index is 3.08. The molecule has 1 aromatic rings. The van der Waals surface area contributed by atoms with Gasteiger partial charge in [-0.3, -0.25) is 9.78 Å². The first-order valence-corrected chi connectivity index (χ1v) is 3.55. The van der Waals surface area contributed by atoms with Crippen molar-refractivity contribution in [2.45, 2.75) is 12.8 Å². The topological polar surface area (TPSA) is 56.0 Å². The van der Waals surface area contributed by atoms with Crippen LogP contribution in [0.25, 0.3) is 0 Å². The number of primary amides is 1. The third-order valence-electron chi connectivity index (χ3n) is 1.58. The number of pyridine rings is 1. The number of halogens is 2. The van der Waals surface area contributed by atoms with E-state index in [0.717, 1.165) is 12.3 Å². The van der Waals surface area contributed by atoms with Gasteiger partial charge in [-0.05, 0) is 19.1 Å². The molecule has 0 aliphatic carbocycles. The number of nitrogens with zero attached hydrogens (tertiary/aromatic N) is 1. The van der Waals surface area contributed by atoms with E-state index in [1.807, 2.05) is 0 Å². The zero-order chi connectivity index (χ0) is 10.1. The predicted molar refractivity (Wildman–Crippen MR) is 42.1 cm³/mol. The molecule has 1 amide bonds. The molecule has 0 atom stereocenters. The first-order chi connectivity index (χ1) is 5.94. The molecule has 0 saturated carbocycles. The van der Waals surface area contributed by atoms with Gasteiger partial charge < -0.3 is 5.73 Å². The number of hydrogen-bond acceptors (Lipinski definition) is 2. The Morgan fingerprint density at radius 2 is 2.15 bits per heavy atom. The number of carbonyl (C=O) groups is 1. The number of hydrogen-bond donors (Lipinski definition) is 1. The van der Waals surface area contributed by atoms with E-state index >= 15 is 0 Å². The average molecular weight is 186 g/mol. The summed E-state index contributed by atoms with van der Waals surface area (Å²) < 4.78 is 25.8. The minimum absolute atomic E-state index is 0.481. The van der Waals surface area contributed by atoms with Crippen molar-refractivity contribution in [1.82, 2.24) is 4.98 Å². The molecule has 1 heterocycles. The number of carbonyl (C=O) groups excluding carboxylic acids is 1. The van der Waals surface area contributed by atoms with Crippen molar-refractivity contribution in [2.75, 3.05) is 0 Å². The fourth-order valence-corrected chi connectivity index (χ4v) is 0.796. The van der Waals surface area contributed by atoms with E-state index < -0.39 is 17.4 Å². The molecule has 0 fully saturated rings. The number of aromatic nitrogens is 1. The minimum atomic E-state index is -3.64. The van der Waals surface area contributed by atoms with E-state index in [1.165, 1.54) is 6.07 Å².